The number of rotatable bonds is 5. The summed E-state index contributed by atoms with van der Waals surface area (Å²) in [7, 11) is 0. The number of benzene rings is 2. The lowest BCUT2D eigenvalue weighted by molar-refractivity contribution is -0.114. The third-order valence-corrected chi connectivity index (χ3v) is 4.09. The van der Waals surface area contributed by atoms with Gasteiger partial charge in [-0.3, -0.25) is 4.79 Å². The highest BCUT2D eigenvalue weighted by Crippen LogP contribution is 2.21. The molecule has 1 aliphatic heterocycles. The topological polar surface area (TPSA) is 44.4 Å². The summed E-state index contributed by atoms with van der Waals surface area (Å²) < 4.78 is 0. The van der Waals surface area contributed by atoms with E-state index in [2.05, 4.69) is 27.7 Å². The van der Waals surface area contributed by atoms with Gasteiger partial charge in [-0.05, 0) is 61.7 Å². The van der Waals surface area contributed by atoms with Crippen LogP contribution in [0.25, 0.3) is 0 Å². The number of hydrogen-bond donors (Lipinski definition) is 2. The van der Waals surface area contributed by atoms with E-state index in [1.807, 2.05) is 43.3 Å². The normalized spacial score (nSPS) is 13.9. The van der Waals surface area contributed by atoms with Gasteiger partial charge < -0.3 is 15.5 Å². The first kappa shape index (κ1) is 15.4. The van der Waals surface area contributed by atoms with Crippen LogP contribution in [0.5, 0.6) is 0 Å². The van der Waals surface area contributed by atoms with Crippen LogP contribution in [0.1, 0.15) is 18.4 Å². The van der Waals surface area contributed by atoms with E-state index in [1.165, 1.54) is 18.5 Å². The van der Waals surface area contributed by atoms with E-state index >= 15 is 0 Å². The molecule has 0 saturated carbocycles. The van der Waals surface area contributed by atoms with Gasteiger partial charge in [0.2, 0.25) is 5.91 Å². The second-order valence-corrected chi connectivity index (χ2v) is 6.01. The molecular weight excluding hydrogens is 286 g/mol. The monoisotopic (exact) mass is 309 g/mol. The highest BCUT2D eigenvalue weighted by atomic mass is 16.1. The van der Waals surface area contributed by atoms with Crippen molar-refractivity contribution in [1.82, 2.24) is 0 Å². The van der Waals surface area contributed by atoms with Gasteiger partial charge in [0.15, 0.2) is 0 Å². The van der Waals surface area contributed by atoms with Crippen LogP contribution in [0.4, 0.5) is 17.1 Å². The zero-order valence-corrected chi connectivity index (χ0v) is 13.5. The number of amides is 1. The van der Waals surface area contributed by atoms with Crippen molar-refractivity contribution < 1.29 is 4.79 Å². The lowest BCUT2D eigenvalue weighted by atomic mass is 10.2. The summed E-state index contributed by atoms with van der Waals surface area (Å²) in [6, 6.07) is 16.1. The predicted molar refractivity (Wildman–Crippen MR) is 96.2 cm³/mol. The van der Waals surface area contributed by atoms with E-state index in [1.54, 1.807) is 0 Å². The van der Waals surface area contributed by atoms with Crippen molar-refractivity contribution in [2.24, 2.45) is 0 Å². The first-order valence-corrected chi connectivity index (χ1v) is 8.16. The number of anilines is 3. The van der Waals surface area contributed by atoms with Crippen LogP contribution < -0.4 is 15.5 Å². The lowest BCUT2D eigenvalue weighted by Gasteiger charge is -2.18. The summed E-state index contributed by atoms with van der Waals surface area (Å²) in [5.41, 5.74) is 4.19. The van der Waals surface area contributed by atoms with Gasteiger partial charge in [-0.15, -0.1) is 0 Å². The Morgan fingerprint density at radius 1 is 1.04 bits per heavy atom. The van der Waals surface area contributed by atoms with Gasteiger partial charge in [-0.2, -0.15) is 0 Å². The van der Waals surface area contributed by atoms with E-state index in [-0.39, 0.29) is 12.5 Å². The standard InChI is InChI=1S/C19H23N3O/c1-15-5-4-6-17(13-15)21-19(23)14-20-16-7-9-18(10-8-16)22-11-2-3-12-22/h4-10,13,20H,2-3,11-12,14H2,1H3,(H,21,23). The summed E-state index contributed by atoms with van der Waals surface area (Å²) in [4.78, 5) is 14.4. The average molecular weight is 309 g/mol. The molecule has 23 heavy (non-hydrogen) atoms. The van der Waals surface area contributed by atoms with Crippen LogP contribution in [0.3, 0.4) is 0 Å². The van der Waals surface area contributed by atoms with Gasteiger partial charge in [0.05, 0.1) is 6.54 Å². The summed E-state index contributed by atoms with van der Waals surface area (Å²) in [5.74, 6) is -0.0424. The van der Waals surface area contributed by atoms with Crippen LogP contribution in [0.2, 0.25) is 0 Å². The highest BCUT2D eigenvalue weighted by molar-refractivity contribution is 5.93. The van der Waals surface area contributed by atoms with Crippen LogP contribution in [-0.4, -0.2) is 25.5 Å². The van der Waals surface area contributed by atoms with Gasteiger partial charge in [0.25, 0.3) is 0 Å². The van der Waals surface area contributed by atoms with Crippen molar-refractivity contribution in [2.45, 2.75) is 19.8 Å². The molecule has 0 bridgehead atoms. The zero-order valence-electron chi connectivity index (χ0n) is 13.5. The Balaban J connectivity index is 1.50. The SMILES string of the molecule is Cc1cccc(NC(=O)CNc2ccc(N3CCCC3)cc2)c1. The maximum atomic E-state index is 12.0. The molecule has 0 spiro atoms. The van der Waals surface area contributed by atoms with E-state index in [0.717, 1.165) is 30.0 Å². The molecule has 1 saturated heterocycles. The van der Waals surface area contributed by atoms with Gasteiger partial charge in [-0.1, -0.05) is 12.1 Å². The molecule has 0 radical (unpaired) electrons. The molecule has 3 rings (SSSR count). The van der Waals surface area contributed by atoms with Gasteiger partial charge in [0.1, 0.15) is 0 Å². The third kappa shape index (κ3) is 4.25. The molecule has 1 amide bonds. The second kappa shape index (κ2) is 7.18. The van der Waals surface area contributed by atoms with Gasteiger partial charge in [0, 0.05) is 30.2 Å². The Kier molecular flexibility index (Phi) is 4.81. The van der Waals surface area contributed by atoms with Crippen molar-refractivity contribution in [3.8, 4) is 0 Å². The first-order valence-electron chi connectivity index (χ1n) is 8.16. The second-order valence-electron chi connectivity index (χ2n) is 6.01. The van der Waals surface area contributed by atoms with E-state index in [4.69, 9.17) is 0 Å². The van der Waals surface area contributed by atoms with Crippen LogP contribution in [-0.2, 0) is 4.79 Å². The summed E-state index contributed by atoms with van der Waals surface area (Å²) in [6.07, 6.45) is 2.55. The zero-order chi connectivity index (χ0) is 16.1. The molecule has 4 heteroatoms. The summed E-state index contributed by atoms with van der Waals surface area (Å²) in [5, 5.41) is 6.07. The van der Waals surface area contributed by atoms with E-state index < -0.39 is 0 Å². The molecule has 0 atom stereocenters. The summed E-state index contributed by atoms with van der Waals surface area (Å²) >= 11 is 0. The molecule has 2 aromatic carbocycles. The van der Waals surface area contributed by atoms with Crippen LogP contribution in [0, 0.1) is 6.92 Å². The smallest absolute Gasteiger partial charge is 0.243 e. The fourth-order valence-electron chi connectivity index (χ4n) is 2.88. The Morgan fingerprint density at radius 2 is 1.78 bits per heavy atom. The summed E-state index contributed by atoms with van der Waals surface area (Å²) in [6.45, 7) is 4.56. The number of hydrogen-bond acceptors (Lipinski definition) is 3. The Hall–Kier alpha value is -2.49. The minimum atomic E-state index is -0.0424. The van der Waals surface area contributed by atoms with Crippen molar-refractivity contribution in [2.75, 3.05) is 35.2 Å². The minimum Gasteiger partial charge on any atom is -0.376 e. The number of nitrogens with zero attached hydrogens (tertiary/aromatic N) is 1. The molecule has 1 heterocycles. The predicted octanol–water partition coefficient (Wildman–Crippen LogP) is 3.65. The maximum Gasteiger partial charge on any atom is 0.243 e. The highest BCUT2D eigenvalue weighted by Gasteiger charge is 2.11. The quantitative estimate of drug-likeness (QED) is 0.886. The maximum absolute atomic E-state index is 12.0. The van der Waals surface area contributed by atoms with E-state index in [0.29, 0.717) is 0 Å². The van der Waals surface area contributed by atoms with Crippen molar-refractivity contribution >= 4 is 23.0 Å². The Morgan fingerprint density at radius 3 is 2.48 bits per heavy atom. The first-order chi connectivity index (χ1) is 11.2. The Bertz CT molecular complexity index is 661. The largest absolute Gasteiger partial charge is 0.376 e. The molecule has 2 aromatic rings. The van der Waals surface area contributed by atoms with Crippen molar-refractivity contribution in [1.29, 1.82) is 0 Å². The van der Waals surface area contributed by atoms with Gasteiger partial charge >= 0.3 is 0 Å². The van der Waals surface area contributed by atoms with Crippen molar-refractivity contribution in [3.63, 3.8) is 0 Å². The minimum absolute atomic E-state index is 0.0424. The molecular formula is C19H23N3O. The average Bonchev–Trinajstić information content (AvgIpc) is 3.08. The third-order valence-electron chi connectivity index (χ3n) is 4.09. The van der Waals surface area contributed by atoms with E-state index in [9.17, 15) is 4.79 Å². The fourth-order valence-corrected chi connectivity index (χ4v) is 2.88. The molecule has 4 nitrogen and oxygen atoms in total. The molecule has 0 aliphatic carbocycles. The number of aryl methyl sites for hydroxylation is 1. The van der Waals surface area contributed by atoms with Crippen LogP contribution >= 0.6 is 0 Å². The number of carbonyl (C=O) groups excluding carboxylic acids is 1. The fraction of sp³-hybridized carbons (Fsp3) is 0.316. The molecule has 0 aromatic heterocycles. The number of nitrogens with one attached hydrogen (secondary N) is 2. The molecule has 120 valence electrons. The lowest BCUT2D eigenvalue weighted by Crippen LogP contribution is -2.22. The number of carbonyl (C=O) groups is 1. The van der Waals surface area contributed by atoms with Gasteiger partial charge in [-0.25, -0.2) is 0 Å². The van der Waals surface area contributed by atoms with Crippen molar-refractivity contribution in [3.05, 3.63) is 54.1 Å². The molecule has 0 unspecified atom stereocenters. The van der Waals surface area contributed by atoms with Crippen LogP contribution in [0.15, 0.2) is 48.5 Å². The molecule has 1 aliphatic rings. The Labute approximate surface area is 137 Å². The molecule has 2 N–H and O–H groups in total. The molecule has 1 fully saturated rings.